The van der Waals surface area contributed by atoms with Gasteiger partial charge in [-0.05, 0) is 76.9 Å². The highest BCUT2D eigenvalue weighted by Gasteiger charge is 2.26. The largest absolute Gasteiger partial charge is 0.317 e. The molecule has 1 heterocycles. The number of hydrogen-bond donors (Lipinski definition) is 1. The van der Waals surface area contributed by atoms with Gasteiger partial charge >= 0.3 is 0 Å². The first-order chi connectivity index (χ1) is 13.5. The van der Waals surface area contributed by atoms with Gasteiger partial charge in [0.1, 0.15) is 5.82 Å². The molecule has 0 aliphatic heterocycles. The number of thiazole rings is 1. The Morgan fingerprint density at radius 3 is 2.50 bits per heavy atom. The number of carbonyl (C=O) groups is 1. The Bertz CT molecular complexity index is 831. The lowest BCUT2D eigenvalue weighted by molar-refractivity contribution is -0.105. The molecule has 0 spiro atoms. The summed E-state index contributed by atoms with van der Waals surface area (Å²) in [7, 11) is 4.32. The van der Waals surface area contributed by atoms with Gasteiger partial charge in [-0.1, -0.05) is 11.3 Å². The molecule has 0 atom stereocenters. The minimum absolute atomic E-state index is 0.596. The van der Waals surface area contributed by atoms with E-state index in [2.05, 4.69) is 40.3 Å². The van der Waals surface area contributed by atoms with Crippen LogP contribution < -0.4 is 10.2 Å². The molecule has 0 radical (unpaired) electrons. The van der Waals surface area contributed by atoms with Crippen molar-refractivity contribution in [2.45, 2.75) is 38.6 Å². The Hall–Kier alpha value is -2.43. The average molecular weight is 398 g/mol. The quantitative estimate of drug-likeness (QED) is 0.711. The molecule has 148 valence electrons. The van der Waals surface area contributed by atoms with E-state index in [1.54, 1.807) is 11.3 Å². The normalized spacial score (nSPS) is 19.2. The second-order valence-electron chi connectivity index (χ2n) is 7.57. The fourth-order valence-corrected chi connectivity index (χ4v) is 4.70. The number of nitrogens with one attached hydrogen (secondary N) is 1. The Morgan fingerprint density at radius 1 is 1.25 bits per heavy atom. The molecular weight excluding hydrogens is 370 g/mol. The van der Waals surface area contributed by atoms with Crippen molar-refractivity contribution < 1.29 is 4.79 Å². The van der Waals surface area contributed by atoms with Crippen LogP contribution in [0.2, 0.25) is 0 Å². The smallest absolute Gasteiger partial charge is 0.212 e. The van der Waals surface area contributed by atoms with E-state index in [1.807, 2.05) is 31.2 Å². The Morgan fingerprint density at radius 2 is 1.93 bits per heavy atom. The Labute approximate surface area is 170 Å². The monoisotopic (exact) mass is 397 g/mol. The topological polar surface area (TPSA) is 72.3 Å². The zero-order valence-corrected chi connectivity index (χ0v) is 17.5. The number of aromatic nitrogens is 1. The maximum atomic E-state index is 10.9. The van der Waals surface area contributed by atoms with Crippen molar-refractivity contribution >= 4 is 34.4 Å². The maximum Gasteiger partial charge on any atom is 0.212 e. The van der Waals surface area contributed by atoms with E-state index in [9.17, 15) is 4.79 Å². The summed E-state index contributed by atoms with van der Waals surface area (Å²) in [5.41, 5.74) is 1.67. The van der Waals surface area contributed by atoms with Gasteiger partial charge in [0.25, 0.3) is 0 Å². The highest BCUT2D eigenvalue weighted by atomic mass is 32.1. The molecule has 0 bridgehead atoms. The summed E-state index contributed by atoms with van der Waals surface area (Å²) < 4.78 is 0. The van der Waals surface area contributed by atoms with Gasteiger partial charge in [0.2, 0.25) is 6.41 Å². The molecule has 1 saturated carbocycles. The number of nitriles is 1. The number of benzene rings is 1. The summed E-state index contributed by atoms with van der Waals surface area (Å²) >= 11 is 1.58. The average Bonchev–Trinajstić information content (AvgIpc) is 3.07. The van der Waals surface area contributed by atoms with Crippen molar-refractivity contribution in [1.82, 2.24) is 9.88 Å². The van der Waals surface area contributed by atoms with Crippen LogP contribution in [0, 0.1) is 24.2 Å². The van der Waals surface area contributed by atoms with Crippen LogP contribution in [0.5, 0.6) is 0 Å². The van der Waals surface area contributed by atoms with E-state index in [1.165, 1.54) is 25.7 Å². The molecule has 1 fully saturated rings. The van der Waals surface area contributed by atoms with Gasteiger partial charge < -0.3 is 15.1 Å². The molecule has 7 heteroatoms. The molecule has 6 nitrogen and oxygen atoms in total. The van der Waals surface area contributed by atoms with Gasteiger partial charge in [-0.2, -0.15) is 5.26 Å². The van der Waals surface area contributed by atoms with E-state index >= 15 is 0 Å². The van der Waals surface area contributed by atoms with Gasteiger partial charge in [-0.3, -0.25) is 4.79 Å². The first-order valence-electron chi connectivity index (χ1n) is 9.63. The van der Waals surface area contributed by atoms with Gasteiger partial charge in [0, 0.05) is 23.2 Å². The fourth-order valence-electron chi connectivity index (χ4n) is 3.80. The standard InChI is InChI=1S/C21H27N5OS/c1-15-20(23-14-27)24-21(28-15)26(19-10-4-16(12-22)5-11-19)13-17-6-8-18(9-7-17)25(2)3/h4-5,10-11,14,17-18H,6-9,13H2,1-3H3,(H,23,27). The molecule has 1 N–H and O–H groups in total. The highest BCUT2D eigenvalue weighted by molar-refractivity contribution is 7.16. The van der Waals surface area contributed by atoms with Gasteiger partial charge in [-0.15, -0.1) is 0 Å². The molecule has 0 unspecified atom stereocenters. The highest BCUT2D eigenvalue weighted by Crippen LogP contribution is 2.36. The number of amides is 1. The van der Waals surface area contributed by atoms with Gasteiger partial charge in [0.05, 0.1) is 11.6 Å². The summed E-state index contributed by atoms with van der Waals surface area (Å²) in [5.74, 6) is 1.21. The third kappa shape index (κ3) is 4.70. The summed E-state index contributed by atoms with van der Waals surface area (Å²) in [5, 5.41) is 12.7. The van der Waals surface area contributed by atoms with Crippen molar-refractivity contribution in [2.75, 3.05) is 30.9 Å². The molecular formula is C21H27N5OS. The van der Waals surface area contributed by atoms with E-state index in [0.717, 1.165) is 22.2 Å². The Kier molecular flexibility index (Phi) is 6.65. The fraction of sp³-hybridized carbons (Fsp3) is 0.476. The lowest BCUT2D eigenvalue weighted by Gasteiger charge is -2.35. The predicted octanol–water partition coefficient (Wildman–Crippen LogP) is 4.15. The molecule has 0 saturated heterocycles. The van der Waals surface area contributed by atoms with E-state index in [-0.39, 0.29) is 0 Å². The second-order valence-corrected chi connectivity index (χ2v) is 8.75. The molecule has 1 aliphatic carbocycles. The van der Waals surface area contributed by atoms with Crippen LogP contribution in [0.4, 0.5) is 16.6 Å². The van der Waals surface area contributed by atoms with Crippen LogP contribution in [0.1, 0.15) is 36.1 Å². The van der Waals surface area contributed by atoms with Crippen LogP contribution in [0.3, 0.4) is 0 Å². The van der Waals surface area contributed by atoms with E-state index < -0.39 is 0 Å². The van der Waals surface area contributed by atoms with Crippen molar-refractivity contribution in [3.63, 3.8) is 0 Å². The molecule has 2 aromatic rings. The molecule has 1 aliphatic rings. The van der Waals surface area contributed by atoms with Gasteiger partial charge in [0.15, 0.2) is 5.13 Å². The number of rotatable bonds is 7. The van der Waals surface area contributed by atoms with Crippen LogP contribution in [0.15, 0.2) is 24.3 Å². The SMILES string of the molecule is Cc1sc(N(CC2CCC(N(C)C)CC2)c2ccc(C#N)cc2)nc1NC=O. The van der Waals surface area contributed by atoms with Crippen LogP contribution in [0.25, 0.3) is 0 Å². The number of carbonyl (C=O) groups excluding carboxylic acids is 1. The van der Waals surface area contributed by atoms with Crippen molar-refractivity contribution in [3.05, 3.63) is 34.7 Å². The number of hydrogen-bond acceptors (Lipinski definition) is 6. The van der Waals surface area contributed by atoms with E-state index in [0.29, 0.717) is 29.8 Å². The second kappa shape index (κ2) is 9.18. The van der Waals surface area contributed by atoms with Crippen LogP contribution in [-0.4, -0.2) is 43.0 Å². The lowest BCUT2D eigenvalue weighted by Crippen LogP contribution is -2.35. The molecule has 28 heavy (non-hydrogen) atoms. The third-order valence-electron chi connectivity index (χ3n) is 5.51. The van der Waals surface area contributed by atoms with E-state index in [4.69, 9.17) is 5.26 Å². The summed E-state index contributed by atoms with van der Waals surface area (Å²) in [6.45, 7) is 2.85. The van der Waals surface area contributed by atoms with Crippen molar-refractivity contribution in [2.24, 2.45) is 5.92 Å². The minimum atomic E-state index is 0.596. The molecule has 1 amide bonds. The molecule has 3 rings (SSSR count). The lowest BCUT2D eigenvalue weighted by atomic mass is 9.85. The predicted molar refractivity (Wildman–Crippen MR) is 114 cm³/mol. The summed E-state index contributed by atoms with van der Waals surface area (Å²) in [6, 6.07) is 10.5. The van der Waals surface area contributed by atoms with Gasteiger partial charge in [-0.25, -0.2) is 4.98 Å². The summed E-state index contributed by atoms with van der Waals surface area (Å²) in [6.07, 6.45) is 5.49. The molecule has 1 aromatic carbocycles. The number of nitrogens with zero attached hydrogens (tertiary/aromatic N) is 4. The number of aryl methyl sites for hydroxylation is 1. The number of anilines is 3. The van der Waals surface area contributed by atoms with Crippen LogP contribution >= 0.6 is 11.3 Å². The first kappa shape index (κ1) is 20.3. The third-order valence-corrected chi connectivity index (χ3v) is 6.50. The van der Waals surface area contributed by atoms with Crippen LogP contribution in [-0.2, 0) is 4.79 Å². The zero-order valence-electron chi connectivity index (χ0n) is 16.7. The van der Waals surface area contributed by atoms with Crippen molar-refractivity contribution in [3.8, 4) is 6.07 Å². The first-order valence-corrected chi connectivity index (χ1v) is 10.4. The minimum Gasteiger partial charge on any atom is -0.317 e. The van der Waals surface area contributed by atoms with Crippen molar-refractivity contribution in [1.29, 1.82) is 5.26 Å². The summed E-state index contributed by atoms with van der Waals surface area (Å²) in [4.78, 5) is 21.1. The zero-order chi connectivity index (χ0) is 20.1. The Balaban J connectivity index is 1.83. The maximum absolute atomic E-state index is 10.9. The molecule has 1 aromatic heterocycles.